The molecule has 2 aliphatic rings. The van der Waals surface area contributed by atoms with Gasteiger partial charge in [0, 0.05) is 0 Å². The number of aromatic nitrogens is 8. The van der Waals surface area contributed by atoms with E-state index < -0.39 is 68.5 Å². The van der Waals surface area contributed by atoms with Crippen LogP contribution in [0.3, 0.4) is 0 Å². The van der Waals surface area contributed by atoms with E-state index >= 15 is 4.39 Å². The highest BCUT2D eigenvalue weighted by Crippen LogP contribution is 2.57. The van der Waals surface area contributed by atoms with Gasteiger partial charge in [0.25, 0.3) is 5.56 Å². The first-order valence-corrected chi connectivity index (χ1v) is 14.0. The van der Waals surface area contributed by atoms with E-state index in [4.69, 9.17) is 25.5 Å². The largest absolute Gasteiger partial charge is 0.394 e. The summed E-state index contributed by atoms with van der Waals surface area (Å²) in [6.45, 7) is -0.0548. The molecule has 4 aromatic rings. The maximum atomic E-state index is 15.8. The third-order valence-electron chi connectivity index (χ3n) is 7.29. The number of ether oxygens (including phenoxy) is 2. The van der Waals surface area contributed by atoms with Gasteiger partial charge in [-0.3, -0.25) is 23.5 Å². The Labute approximate surface area is 228 Å². The highest BCUT2D eigenvalue weighted by Gasteiger charge is 2.56. The van der Waals surface area contributed by atoms with Crippen molar-refractivity contribution in [2.75, 3.05) is 24.7 Å². The first-order valence-electron chi connectivity index (χ1n) is 12.3. The molecule has 4 aromatic heterocycles. The third kappa shape index (κ3) is 4.45. The molecule has 220 valence electrons. The summed E-state index contributed by atoms with van der Waals surface area (Å²) in [5.41, 5.74) is 7.44. The molecule has 2 aliphatic heterocycles. The smallest absolute Gasteiger partial charge is 0.335 e. The number of fused-ring (bicyclic) bond motifs is 2. The Morgan fingerprint density at radius 3 is 2.68 bits per heavy atom. The molecule has 18 nitrogen and oxygen atoms in total. The number of hydrogen-bond acceptors (Lipinski definition) is 14. The minimum Gasteiger partial charge on any atom is -0.394 e. The summed E-state index contributed by atoms with van der Waals surface area (Å²) in [4.78, 5) is 45.6. The Balaban J connectivity index is 1.24. The van der Waals surface area contributed by atoms with Gasteiger partial charge in [-0.25, -0.2) is 24.3 Å². The molecule has 0 bridgehead atoms. The number of aliphatic hydroxyl groups excluding tert-OH is 2. The van der Waals surface area contributed by atoms with Gasteiger partial charge in [0.2, 0.25) is 5.95 Å². The topological polar surface area (TPSA) is 265 Å². The van der Waals surface area contributed by atoms with Gasteiger partial charge in [0.15, 0.2) is 40.8 Å². The maximum Gasteiger partial charge on any atom is 0.335 e. The van der Waals surface area contributed by atoms with Crippen molar-refractivity contribution in [3.63, 3.8) is 0 Å². The lowest BCUT2D eigenvalue weighted by Crippen LogP contribution is -2.40. The summed E-state index contributed by atoms with van der Waals surface area (Å²) in [6.07, 6.45) is -3.20. The first-order chi connectivity index (χ1) is 19.4. The SMILES string of the molecule is C[C@@]1(F)C(n2cnc3c(N)ncnc32)O[C@H](COP(=O)(O)[C@@H]2C[C@@H](CO)OC2n2cnc3c(=O)[nH]c(N)nc32)[C@H]1O. The van der Waals surface area contributed by atoms with Gasteiger partial charge < -0.3 is 40.6 Å². The number of nitrogens with zero attached hydrogens (tertiary/aromatic N) is 7. The summed E-state index contributed by atoms with van der Waals surface area (Å²) in [5, 5.41) is 20.5. The maximum absolute atomic E-state index is 15.8. The quantitative estimate of drug-likeness (QED) is 0.139. The average molecular weight is 596 g/mol. The second-order valence-corrected chi connectivity index (χ2v) is 12.0. The van der Waals surface area contributed by atoms with Crippen LogP contribution in [-0.2, 0) is 18.6 Å². The first kappa shape index (κ1) is 27.6. The van der Waals surface area contributed by atoms with Crippen LogP contribution in [0.5, 0.6) is 0 Å². The van der Waals surface area contributed by atoms with Gasteiger partial charge in [-0.1, -0.05) is 0 Å². The van der Waals surface area contributed by atoms with Crippen LogP contribution in [-0.4, -0.2) is 97.0 Å². The number of aliphatic hydroxyl groups is 2. The van der Waals surface area contributed by atoms with E-state index in [-0.39, 0.29) is 40.5 Å². The number of aromatic amines is 1. The number of hydrogen-bond donors (Lipinski definition) is 6. The Morgan fingerprint density at radius 1 is 1.20 bits per heavy atom. The summed E-state index contributed by atoms with van der Waals surface area (Å²) in [7, 11) is -4.64. The summed E-state index contributed by atoms with van der Waals surface area (Å²) >= 11 is 0. The van der Waals surface area contributed by atoms with Crippen LogP contribution in [0, 0.1) is 0 Å². The van der Waals surface area contributed by atoms with Crippen LogP contribution in [0.1, 0.15) is 25.8 Å². The van der Waals surface area contributed by atoms with E-state index in [9.17, 15) is 24.5 Å². The zero-order valence-corrected chi connectivity index (χ0v) is 22.2. The third-order valence-corrected chi connectivity index (χ3v) is 9.12. The molecule has 0 spiro atoms. The monoisotopic (exact) mass is 596 g/mol. The van der Waals surface area contributed by atoms with Crippen LogP contribution < -0.4 is 17.0 Å². The Bertz CT molecular complexity index is 1730. The lowest BCUT2D eigenvalue weighted by atomic mass is 9.98. The van der Waals surface area contributed by atoms with Crippen molar-refractivity contribution in [1.29, 1.82) is 0 Å². The van der Waals surface area contributed by atoms with E-state index in [1.165, 1.54) is 28.1 Å². The fourth-order valence-electron chi connectivity index (χ4n) is 5.19. The van der Waals surface area contributed by atoms with Crippen molar-refractivity contribution in [2.24, 2.45) is 0 Å². The van der Waals surface area contributed by atoms with Gasteiger partial charge in [0.05, 0.1) is 32.0 Å². The lowest BCUT2D eigenvalue weighted by molar-refractivity contribution is -0.0553. The number of nitrogen functional groups attached to an aromatic ring is 2. The predicted octanol–water partition coefficient (Wildman–Crippen LogP) is -1.04. The Kier molecular flexibility index (Phi) is 6.57. The molecular formula is C21H26FN10O8P. The summed E-state index contributed by atoms with van der Waals surface area (Å²) < 4.78 is 48.8. The van der Waals surface area contributed by atoms with Crippen LogP contribution in [0.25, 0.3) is 22.3 Å². The van der Waals surface area contributed by atoms with E-state index in [0.29, 0.717) is 0 Å². The molecule has 8 atom stereocenters. The molecule has 0 aliphatic carbocycles. The number of imidazole rings is 2. The fraction of sp³-hybridized carbons (Fsp3) is 0.524. The van der Waals surface area contributed by atoms with E-state index in [2.05, 4.69) is 29.9 Å². The molecule has 41 heavy (non-hydrogen) atoms. The van der Waals surface area contributed by atoms with Crippen LogP contribution in [0.2, 0.25) is 0 Å². The van der Waals surface area contributed by atoms with Crippen molar-refractivity contribution < 1.29 is 38.1 Å². The lowest BCUT2D eigenvalue weighted by Gasteiger charge is -2.26. The van der Waals surface area contributed by atoms with Crippen LogP contribution >= 0.6 is 7.60 Å². The summed E-state index contributed by atoms with van der Waals surface area (Å²) in [5.74, 6) is -0.145. The molecule has 3 unspecified atom stereocenters. The predicted molar refractivity (Wildman–Crippen MR) is 137 cm³/mol. The number of alkyl halides is 1. The van der Waals surface area contributed by atoms with E-state index in [1.807, 2.05) is 0 Å². The number of anilines is 2. The number of rotatable bonds is 7. The fourth-order valence-corrected chi connectivity index (χ4v) is 6.78. The molecule has 0 radical (unpaired) electrons. The van der Waals surface area contributed by atoms with Gasteiger partial charge in [0.1, 0.15) is 29.7 Å². The molecule has 2 fully saturated rings. The zero-order chi connectivity index (χ0) is 29.3. The molecule has 6 heterocycles. The van der Waals surface area contributed by atoms with Crippen molar-refractivity contribution >= 4 is 41.7 Å². The Morgan fingerprint density at radius 2 is 1.93 bits per heavy atom. The number of halogens is 1. The second kappa shape index (κ2) is 9.76. The normalized spacial score (nSPS) is 31.7. The molecule has 20 heteroatoms. The van der Waals surface area contributed by atoms with Gasteiger partial charge in [-0.15, -0.1) is 0 Å². The standard InChI is InChI=1S/C21H26FN10O8P/c1-21(22)13(34)9(40-19(21)32-7-27-11-14(23)25-5-26-15(11)32)4-38-41(36,37)10-2-8(3-33)39-18(10)31-6-28-12-16(31)29-20(24)30-17(12)35/h5-10,13,18-19,33-34H,2-4H2,1H3,(H,36,37)(H2,23,25,26)(H3,24,29,30,35)/t8-,9+,10+,13+,18?,19?,21-/m0/s1. The molecular weight excluding hydrogens is 570 g/mol. The number of nitrogens with one attached hydrogen (secondary N) is 1. The minimum absolute atomic E-state index is 0.0116. The molecule has 0 aromatic carbocycles. The molecule has 6 rings (SSSR count). The highest BCUT2D eigenvalue weighted by molar-refractivity contribution is 7.53. The molecule has 0 saturated carbocycles. The molecule has 2 saturated heterocycles. The minimum atomic E-state index is -4.64. The van der Waals surface area contributed by atoms with E-state index in [1.54, 1.807) is 0 Å². The Hall–Kier alpha value is -3.58. The molecule has 0 amide bonds. The number of H-pyrrole nitrogens is 1. The average Bonchev–Trinajstić information content (AvgIpc) is 3.68. The van der Waals surface area contributed by atoms with Crippen molar-refractivity contribution in [2.45, 2.75) is 55.4 Å². The summed E-state index contributed by atoms with van der Waals surface area (Å²) in [6, 6.07) is 0. The van der Waals surface area contributed by atoms with Crippen molar-refractivity contribution in [3.8, 4) is 0 Å². The van der Waals surface area contributed by atoms with Gasteiger partial charge in [-0.2, -0.15) is 4.98 Å². The zero-order valence-electron chi connectivity index (χ0n) is 21.3. The van der Waals surface area contributed by atoms with Crippen LogP contribution in [0.4, 0.5) is 16.2 Å². The van der Waals surface area contributed by atoms with Gasteiger partial charge in [-0.05, 0) is 13.3 Å². The highest BCUT2D eigenvalue weighted by atomic mass is 31.2. The van der Waals surface area contributed by atoms with E-state index in [0.717, 1.165) is 6.92 Å². The molecule has 8 N–H and O–H groups in total. The number of nitrogens with two attached hydrogens (primary N) is 2. The van der Waals surface area contributed by atoms with Crippen LogP contribution in [0.15, 0.2) is 23.8 Å². The van der Waals surface area contributed by atoms with Crippen molar-refractivity contribution in [1.82, 2.24) is 39.0 Å². The second-order valence-electron chi connectivity index (χ2n) is 9.98. The van der Waals surface area contributed by atoms with Gasteiger partial charge >= 0.3 is 7.60 Å². The van der Waals surface area contributed by atoms with Crippen molar-refractivity contribution in [3.05, 3.63) is 29.3 Å².